The third kappa shape index (κ3) is 3.90. The molecule has 0 bridgehead atoms. The maximum atomic E-state index is 3.40. The minimum absolute atomic E-state index is 1.00. The number of rotatable bonds is 1. The van der Waals surface area contributed by atoms with E-state index in [4.69, 9.17) is 0 Å². The highest BCUT2D eigenvalue weighted by Crippen LogP contribution is 2.17. The Kier molecular flexibility index (Phi) is 4.12. The Bertz CT molecular complexity index is 527. The van der Waals surface area contributed by atoms with E-state index >= 15 is 0 Å². The van der Waals surface area contributed by atoms with E-state index in [1.165, 1.54) is 0 Å². The van der Waals surface area contributed by atoms with Crippen LogP contribution in [-0.4, -0.2) is 0 Å². The molecule has 0 saturated heterocycles. The molecule has 0 heterocycles. The molecule has 0 unspecified atom stereocenters. The largest absolute Gasteiger partial charge is 0.361 e. The summed E-state index contributed by atoms with van der Waals surface area (Å²) in [6.07, 6.45) is 9.90. The lowest BCUT2D eigenvalue weighted by Crippen LogP contribution is -1.97. The first kappa shape index (κ1) is 11.6. The van der Waals surface area contributed by atoms with Crippen LogP contribution in [0.5, 0.6) is 0 Å². The molecule has 2 rings (SSSR count). The molecule has 1 aliphatic carbocycles. The summed E-state index contributed by atoms with van der Waals surface area (Å²) >= 11 is 3.40. The van der Waals surface area contributed by atoms with Crippen molar-refractivity contribution in [3.8, 4) is 12.0 Å². The predicted molar refractivity (Wildman–Crippen MR) is 75.0 cm³/mol. The van der Waals surface area contributed by atoms with Gasteiger partial charge in [-0.15, -0.1) is 46.2 Å². The van der Waals surface area contributed by atoms with Gasteiger partial charge >= 0.3 is 0 Å². The lowest BCUT2D eigenvalue weighted by Gasteiger charge is -2.11. The van der Waals surface area contributed by atoms with Crippen molar-refractivity contribution in [2.75, 3.05) is 0 Å². The van der Waals surface area contributed by atoms with Crippen LogP contribution in [0.15, 0.2) is 64.8 Å². The van der Waals surface area contributed by atoms with Gasteiger partial charge in [0.25, 0.3) is 0 Å². The molecule has 0 fully saturated rings. The lowest BCUT2D eigenvalue weighted by atomic mass is 10.1. The van der Waals surface area contributed by atoms with E-state index in [1.54, 1.807) is 0 Å². The zero-order valence-corrected chi connectivity index (χ0v) is 10.7. The van der Waals surface area contributed by atoms with Gasteiger partial charge in [-0.2, -0.15) is 0 Å². The average molecular weight is 285 g/mol. The fourth-order valence-electron chi connectivity index (χ4n) is 1.31. The Balaban J connectivity index is 1.91. The first-order valence-electron chi connectivity index (χ1n) is 5.25. The highest BCUT2D eigenvalue weighted by atomic mass is 79.9. The normalized spacial score (nSPS) is 15.6. The monoisotopic (exact) mass is 284 g/mol. The first-order valence-corrected chi connectivity index (χ1v) is 6.04. The van der Waals surface area contributed by atoms with Gasteiger partial charge in [0.2, 0.25) is 0 Å². The van der Waals surface area contributed by atoms with Crippen LogP contribution in [0.1, 0.15) is 5.56 Å². The van der Waals surface area contributed by atoms with Gasteiger partial charge in [0, 0.05) is 11.6 Å². The lowest BCUT2D eigenvalue weighted by molar-refractivity contribution is 1.23. The quantitative estimate of drug-likeness (QED) is 0.473. The Morgan fingerprint density at radius 2 is 2.00 bits per heavy atom. The molecular formula is C15H11BrN-. The third-order valence-corrected chi connectivity index (χ3v) is 2.69. The molecule has 0 aromatic heterocycles. The molecule has 0 atom stereocenters. The molecule has 2 heteroatoms. The minimum atomic E-state index is 1.00. The van der Waals surface area contributed by atoms with Gasteiger partial charge in [-0.25, -0.2) is 0 Å². The molecule has 84 valence electrons. The van der Waals surface area contributed by atoms with Gasteiger partial charge in [0.1, 0.15) is 0 Å². The molecule has 1 aliphatic rings. The van der Waals surface area contributed by atoms with Crippen molar-refractivity contribution >= 4 is 15.9 Å². The number of halogens is 1. The zero-order valence-electron chi connectivity index (χ0n) is 9.15. The van der Waals surface area contributed by atoms with E-state index in [0.29, 0.717) is 0 Å². The predicted octanol–water partition coefficient (Wildman–Crippen LogP) is 3.52. The topological polar surface area (TPSA) is 12.0 Å². The van der Waals surface area contributed by atoms with Crippen molar-refractivity contribution in [3.63, 3.8) is 0 Å². The van der Waals surface area contributed by atoms with Crippen molar-refractivity contribution < 1.29 is 0 Å². The SMILES string of the molecule is BrC1=C[CH-]C(=CNC#Cc2ccccc2)C=C1. The standard InChI is InChI=1S/C15H11BrN/c16-15-8-6-14(7-9-15)12-17-11-10-13-4-2-1-3-5-13/h1-9,12,17H/q-1. The highest BCUT2D eigenvalue weighted by Gasteiger charge is 1.87. The number of benzene rings is 1. The molecule has 1 N–H and O–H groups in total. The number of nitrogens with one attached hydrogen (secondary N) is 1. The van der Waals surface area contributed by atoms with Crippen LogP contribution in [-0.2, 0) is 0 Å². The Morgan fingerprint density at radius 1 is 1.18 bits per heavy atom. The molecule has 0 aliphatic heterocycles. The molecule has 0 radical (unpaired) electrons. The van der Waals surface area contributed by atoms with Crippen LogP contribution in [0.3, 0.4) is 0 Å². The summed E-state index contributed by atoms with van der Waals surface area (Å²) in [5.74, 6) is 3.02. The van der Waals surface area contributed by atoms with Crippen molar-refractivity contribution in [1.29, 1.82) is 0 Å². The molecular weight excluding hydrogens is 274 g/mol. The third-order valence-electron chi connectivity index (χ3n) is 2.16. The second kappa shape index (κ2) is 6.03. The minimum Gasteiger partial charge on any atom is -0.361 e. The smallest absolute Gasteiger partial charge is 0.0263 e. The highest BCUT2D eigenvalue weighted by molar-refractivity contribution is 9.11. The van der Waals surface area contributed by atoms with Gasteiger partial charge in [-0.1, -0.05) is 28.9 Å². The van der Waals surface area contributed by atoms with E-state index in [2.05, 4.69) is 33.2 Å². The van der Waals surface area contributed by atoms with Crippen LogP contribution in [0, 0.1) is 18.4 Å². The van der Waals surface area contributed by atoms with E-state index < -0.39 is 0 Å². The summed E-state index contributed by atoms with van der Waals surface area (Å²) in [5.41, 5.74) is 2.10. The fourth-order valence-corrected chi connectivity index (χ4v) is 1.57. The van der Waals surface area contributed by atoms with Crippen molar-refractivity contribution in [2.45, 2.75) is 0 Å². The summed E-state index contributed by atoms with van der Waals surface area (Å²) in [6, 6.07) is 12.8. The van der Waals surface area contributed by atoms with E-state index in [0.717, 1.165) is 15.6 Å². The molecule has 0 amide bonds. The number of allylic oxidation sites excluding steroid dienone is 5. The van der Waals surface area contributed by atoms with Crippen molar-refractivity contribution in [3.05, 3.63) is 76.8 Å². The van der Waals surface area contributed by atoms with Gasteiger partial charge in [0.15, 0.2) is 0 Å². The maximum absolute atomic E-state index is 3.40. The Labute approximate surface area is 110 Å². The van der Waals surface area contributed by atoms with Crippen molar-refractivity contribution in [1.82, 2.24) is 5.32 Å². The van der Waals surface area contributed by atoms with Crippen LogP contribution in [0.4, 0.5) is 0 Å². The van der Waals surface area contributed by atoms with Gasteiger partial charge in [-0.05, 0) is 18.1 Å². The summed E-state index contributed by atoms with van der Waals surface area (Å²) in [5, 5.41) is 2.97. The van der Waals surface area contributed by atoms with Crippen LogP contribution in [0.25, 0.3) is 0 Å². The van der Waals surface area contributed by atoms with Crippen LogP contribution >= 0.6 is 15.9 Å². The van der Waals surface area contributed by atoms with E-state index in [1.807, 2.05) is 61.2 Å². The maximum Gasteiger partial charge on any atom is 0.0263 e. The average Bonchev–Trinajstić information content (AvgIpc) is 2.38. The summed E-state index contributed by atoms with van der Waals surface area (Å²) in [7, 11) is 0. The molecule has 1 aromatic carbocycles. The van der Waals surface area contributed by atoms with Gasteiger partial charge in [-0.3, -0.25) is 0 Å². The van der Waals surface area contributed by atoms with Crippen LogP contribution < -0.4 is 5.32 Å². The van der Waals surface area contributed by atoms with Crippen molar-refractivity contribution in [2.24, 2.45) is 0 Å². The van der Waals surface area contributed by atoms with Crippen LogP contribution in [0.2, 0.25) is 0 Å². The second-order valence-electron chi connectivity index (χ2n) is 3.46. The molecule has 0 saturated carbocycles. The Hall–Kier alpha value is -1.85. The zero-order chi connectivity index (χ0) is 11.9. The molecule has 1 aromatic rings. The van der Waals surface area contributed by atoms with Gasteiger partial charge < -0.3 is 5.32 Å². The summed E-state index contributed by atoms with van der Waals surface area (Å²) < 4.78 is 1.07. The van der Waals surface area contributed by atoms with E-state index in [9.17, 15) is 0 Å². The first-order chi connectivity index (χ1) is 8.34. The number of hydrogen-bond donors (Lipinski definition) is 1. The van der Waals surface area contributed by atoms with Gasteiger partial charge in [0.05, 0.1) is 0 Å². The molecule has 17 heavy (non-hydrogen) atoms. The summed E-state index contributed by atoms with van der Waals surface area (Å²) in [4.78, 5) is 0. The molecule has 0 spiro atoms. The second-order valence-corrected chi connectivity index (χ2v) is 4.37. The molecule has 1 nitrogen and oxygen atoms in total. The Morgan fingerprint density at radius 3 is 2.71 bits per heavy atom. The number of hydrogen-bond acceptors (Lipinski definition) is 1. The summed E-state index contributed by atoms with van der Waals surface area (Å²) in [6.45, 7) is 0. The van der Waals surface area contributed by atoms with E-state index in [-0.39, 0.29) is 0 Å². The fraction of sp³-hybridized carbons (Fsp3) is 0.